The van der Waals surface area contributed by atoms with Gasteiger partial charge in [0.15, 0.2) is 0 Å². The highest BCUT2D eigenvalue weighted by Crippen LogP contribution is 2.32. The van der Waals surface area contributed by atoms with Crippen molar-refractivity contribution >= 4 is 0 Å². The number of imidazole rings is 1. The topological polar surface area (TPSA) is 17.8 Å². The average Bonchev–Trinajstić information content (AvgIpc) is 2.39. The minimum absolute atomic E-state index is 0.448. The van der Waals surface area contributed by atoms with Crippen LogP contribution < -0.4 is 0 Å². The molecule has 1 aliphatic heterocycles. The van der Waals surface area contributed by atoms with Crippen LogP contribution in [0.25, 0.3) is 0 Å². The van der Waals surface area contributed by atoms with E-state index < -0.39 is 0 Å². The lowest BCUT2D eigenvalue weighted by Gasteiger charge is -2.31. The second kappa shape index (κ2) is 3.11. The van der Waals surface area contributed by atoms with Crippen molar-refractivity contribution in [3.8, 4) is 0 Å². The van der Waals surface area contributed by atoms with Crippen LogP contribution in [-0.2, 0) is 19.4 Å². The summed E-state index contributed by atoms with van der Waals surface area (Å²) in [6.45, 7) is 10.2. The maximum atomic E-state index is 4.65. The number of fused-ring (bicyclic) bond motifs is 1. The van der Waals surface area contributed by atoms with Crippen molar-refractivity contribution in [1.82, 2.24) is 9.55 Å². The Labute approximate surface area is 86.3 Å². The summed E-state index contributed by atoms with van der Waals surface area (Å²) in [6, 6.07) is 0. The van der Waals surface area contributed by atoms with E-state index in [2.05, 4.69) is 37.2 Å². The van der Waals surface area contributed by atoms with Gasteiger partial charge < -0.3 is 4.57 Å². The molecule has 14 heavy (non-hydrogen) atoms. The van der Waals surface area contributed by atoms with Crippen LogP contribution in [0, 0.1) is 12.3 Å². The summed E-state index contributed by atoms with van der Waals surface area (Å²) in [7, 11) is 0. The van der Waals surface area contributed by atoms with Gasteiger partial charge in [0.2, 0.25) is 0 Å². The molecule has 1 aliphatic rings. The summed E-state index contributed by atoms with van der Waals surface area (Å²) in [4.78, 5) is 4.65. The smallest absolute Gasteiger partial charge is 0.109 e. The Morgan fingerprint density at radius 2 is 2.14 bits per heavy atom. The largest absolute Gasteiger partial charge is 0.331 e. The first-order valence-corrected chi connectivity index (χ1v) is 5.58. The first kappa shape index (κ1) is 9.75. The van der Waals surface area contributed by atoms with E-state index in [0.29, 0.717) is 5.41 Å². The van der Waals surface area contributed by atoms with Crippen molar-refractivity contribution in [2.75, 3.05) is 0 Å². The van der Waals surface area contributed by atoms with Crippen molar-refractivity contribution in [3.63, 3.8) is 0 Å². The third-order valence-electron chi connectivity index (χ3n) is 3.30. The van der Waals surface area contributed by atoms with Gasteiger partial charge in [-0.2, -0.15) is 0 Å². The third-order valence-corrected chi connectivity index (χ3v) is 3.30. The highest BCUT2D eigenvalue weighted by atomic mass is 15.1. The minimum Gasteiger partial charge on any atom is -0.331 e. The second-order valence-corrected chi connectivity index (χ2v) is 5.16. The molecule has 2 nitrogen and oxygen atoms in total. The van der Waals surface area contributed by atoms with Crippen LogP contribution in [0.15, 0.2) is 0 Å². The van der Waals surface area contributed by atoms with E-state index in [0.717, 1.165) is 19.4 Å². The molecular weight excluding hydrogens is 172 g/mol. The Bertz CT molecular complexity index is 347. The fourth-order valence-electron chi connectivity index (χ4n) is 2.45. The lowest BCUT2D eigenvalue weighted by atomic mass is 9.85. The molecule has 0 N–H and O–H groups in total. The molecule has 0 bridgehead atoms. The monoisotopic (exact) mass is 192 g/mol. The minimum atomic E-state index is 0.448. The standard InChI is InChI=1S/C12H20N2/c1-5-10-9(2)13-11-6-7-12(3,4)8-14(10)11/h5-8H2,1-4H3. The second-order valence-electron chi connectivity index (χ2n) is 5.16. The van der Waals surface area contributed by atoms with Crippen LogP contribution in [-0.4, -0.2) is 9.55 Å². The molecule has 0 atom stereocenters. The van der Waals surface area contributed by atoms with E-state index in [9.17, 15) is 0 Å². The van der Waals surface area contributed by atoms with Gasteiger partial charge in [0, 0.05) is 18.7 Å². The summed E-state index contributed by atoms with van der Waals surface area (Å²) >= 11 is 0. The zero-order chi connectivity index (χ0) is 10.3. The molecule has 0 fully saturated rings. The Hall–Kier alpha value is -0.790. The summed E-state index contributed by atoms with van der Waals surface area (Å²) in [5.74, 6) is 1.30. The Kier molecular flexibility index (Phi) is 2.17. The Balaban J connectivity index is 2.44. The number of nitrogens with zero attached hydrogens (tertiary/aromatic N) is 2. The predicted molar refractivity (Wildman–Crippen MR) is 58.4 cm³/mol. The van der Waals surface area contributed by atoms with Crippen LogP contribution >= 0.6 is 0 Å². The van der Waals surface area contributed by atoms with Crippen LogP contribution in [0.4, 0.5) is 0 Å². The zero-order valence-corrected chi connectivity index (χ0v) is 9.72. The fourth-order valence-corrected chi connectivity index (χ4v) is 2.45. The van der Waals surface area contributed by atoms with Crippen LogP contribution in [0.3, 0.4) is 0 Å². The summed E-state index contributed by atoms with van der Waals surface area (Å²) in [5.41, 5.74) is 3.12. The predicted octanol–water partition coefficient (Wildman–Crippen LogP) is 2.73. The first-order valence-electron chi connectivity index (χ1n) is 5.58. The first-order chi connectivity index (χ1) is 6.53. The summed E-state index contributed by atoms with van der Waals surface area (Å²) in [5, 5.41) is 0. The summed E-state index contributed by atoms with van der Waals surface area (Å²) in [6.07, 6.45) is 3.52. The number of hydrogen-bond donors (Lipinski definition) is 0. The fraction of sp³-hybridized carbons (Fsp3) is 0.750. The van der Waals surface area contributed by atoms with E-state index in [1.54, 1.807) is 0 Å². The number of aryl methyl sites for hydroxylation is 2. The molecule has 0 amide bonds. The molecule has 1 aromatic rings. The van der Waals surface area contributed by atoms with Gasteiger partial charge in [-0.1, -0.05) is 20.8 Å². The number of aromatic nitrogens is 2. The van der Waals surface area contributed by atoms with Crippen molar-refractivity contribution in [2.24, 2.45) is 5.41 Å². The molecule has 0 radical (unpaired) electrons. The normalized spacial score (nSPS) is 19.4. The molecule has 0 unspecified atom stereocenters. The maximum absolute atomic E-state index is 4.65. The molecule has 0 saturated heterocycles. The van der Waals surface area contributed by atoms with Gasteiger partial charge in [0.25, 0.3) is 0 Å². The molecule has 0 aromatic carbocycles. The highest BCUT2D eigenvalue weighted by Gasteiger charge is 2.27. The Morgan fingerprint density at radius 1 is 1.43 bits per heavy atom. The molecular formula is C12H20N2. The van der Waals surface area contributed by atoms with Crippen LogP contribution in [0.2, 0.25) is 0 Å². The van der Waals surface area contributed by atoms with Gasteiger partial charge in [-0.3, -0.25) is 0 Å². The van der Waals surface area contributed by atoms with Crippen LogP contribution in [0.5, 0.6) is 0 Å². The van der Waals surface area contributed by atoms with E-state index in [-0.39, 0.29) is 0 Å². The molecule has 0 saturated carbocycles. The van der Waals surface area contributed by atoms with Crippen molar-refractivity contribution in [2.45, 2.75) is 53.5 Å². The maximum Gasteiger partial charge on any atom is 0.109 e. The van der Waals surface area contributed by atoms with Gasteiger partial charge in [-0.05, 0) is 25.2 Å². The molecule has 2 rings (SSSR count). The van der Waals surface area contributed by atoms with Crippen molar-refractivity contribution < 1.29 is 0 Å². The van der Waals surface area contributed by atoms with Gasteiger partial charge in [-0.15, -0.1) is 0 Å². The van der Waals surface area contributed by atoms with E-state index in [1.165, 1.54) is 23.6 Å². The molecule has 0 spiro atoms. The molecule has 2 heterocycles. The van der Waals surface area contributed by atoms with E-state index in [4.69, 9.17) is 0 Å². The molecule has 0 aliphatic carbocycles. The van der Waals surface area contributed by atoms with Gasteiger partial charge in [0.05, 0.1) is 5.69 Å². The molecule has 1 aromatic heterocycles. The quantitative estimate of drug-likeness (QED) is 0.669. The number of rotatable bonds is 1. The van der Waals surface area contributed by atoms with Gasteiger partial charge in [0.1, 0.15) is 5.82 Å². The lowest BCUT2D eigenvalue weighted by molar-refractivity contribution is 0.244. The zero-order valence-electron chi connectivity index (χ0n) is 9.72. The van der Waals surface area contributed by atoms with Crippen molar-refractivity contribution in [3.05, 3.63) is 17.2 Å². The highest BCUT2D eigenvalue weighted by molar-refractivity contribution is 5.18. The average molecular weight is 192 g/mol. The summed E-state index contributed by atoms with van der Waals surface area (Å²) < 4.78 is 2.44. The van der Waals surface area contributed by atoms with Gasteiger partial charge >= 0.3 is 0 Å². The SMILES string of the molecule is CCc1c(C)nc2n1CC(C)(C)CC2. The molecule has 78 valence electrons. The van der Waals surface area contributed by atoms with Crippen molar-refractivity contribution in [1.29, 1.82) is 0 Å². The van der Waals surface area contributed by atoms with E-state index >= 15 is 0 Å². The van der Waals surface area contributed by atoms with Gasteiger partial charge in [-0.25, -0.2) is 4.98 Å². The number of hydrogen-bond acceptors (Lipinski definition) is 1. The Morgan fingerprint density at radius 3 is 2.79 bits per heavy atom. The van der Waals surface area contributed by atoms with Crippen LogP contribution in [0.1, 0.15) is 44.4 Å². The van der Waals surface area contributed by atoms with E-state index in [1.807, 2.05) is 0 Å². The lowest BCUT2D eigenvalue weighted by Crippen LogP contribution is -2.28. The molecule has 2 heteroatoms. The third kappa shape index (κ3) is 1.47.